The second-order valence-corrected chi connectivity index (χ2v) is 9.14. The maximum absolute atomic E-state index is 10.1. The van der Waals surface area contributed by atoms with Gasteiger partial charge in [-0.1, -0.05) is 24.3 Å². The molecular weight excluding hydrogens is 416 g/mol. The summed E-state index contributed by atoms with van der Waals surface area (Å²) >= 11 is 0. The predicted molar refractivity (Wildman–Crippen MR) is 117 cm³/mol. The highest BCUT2D eigenvalue weighted by Gasteiger charge is 2.36. The molecule has 0 amide bonds. The first-order valence-corrected chi connectivity index (χ1v) is 11.7. The van der Waals surface area contributed by atoms with Crippen molar-refractivity contribution in [2.45, 2.75) is 100 Å². The molecule has 6 N–H and O–H groups in total. The second-order valence-electron chi connectivity index (χ2n) is 9.14. The third-order valence-corrected chi connectivity index (χ3v) is 6.65. The summed E-state index contributed by atoms with van der Waals surface area (Å²) in [6, 6.07) is 8.35. The third-order valence-electron chi connectivity index (χ3n) is 6.65. The van der Waals surface area contributed by atoms with Crippen LogP contribution in [0.4, 0.5) is 0 Å². The van der Waals surface area contributed by atoms with Crippen molar-refractivity contribution < 1.29 is 40.1 Å². The van der Waals surface area contributed by atoms with Crippen molar-refractivity contribution in [1.82, 2.24) is 0 Å². The molecule has 0 saturated carbocycles. The van der Waals surface area contributed by atoms with Crippen LogP contribution in [0.3, 0.4) is 0 Å². The Balaban J connectivity index is 1.38. The molecule has 0 unspecified atom stereocenters. The molecule has 8 nitrogen and oxygen atoms in total. The van der Waals surface area contributed by atoms with Crippen molar-refractivity contribution in [2.24, 2.45) is 0 Å². The van der Waals surface area contributed by atoms with Crippen molar-refractivity contribution in [3.63, 3.8) is 0 Å². The van der Waals surface area contributed by atoms with Gasteiger partial charge in [-0.15, -0.1) is 0 Å². The molecule has 0 radical (unpaired) electrons. The molecule has 3 rings (SSSR count). The van der Waals surface area contributed by atoms with E-state index in [2.05, 4.69) is 24.3 Å². The van der Waals surface area contributed by atoms with Crippen molar-refractivity contribution in [3.8, 4) is 0 Å². The number of aliphatic hydroxyl groups excluding tert-OH is 6. The van der Waals surface area contributed by atoms with Gasteiger partial charge in [0.2, 0.25) is 0 Å². The average Bonchev–Trinajstić information content (AvgIpc) is 2.79. The van der Waals surface area contributed by atoms with Crippen LogP contribution >= 0.6 is 0 Å². The molecule has 0 aromatic heterocycles. The lowest BCUT2D eigenvalue weighted by Crippen LogP contribution is -2.49. The third kappa shape index (κ3) is 6.95. The summed E-state index contributed by atoms with van der Waals surface area (Å²) in [5.41, 5.74) is 2.38. The fraction of sp³-hybridized carbons (Fsp3) is 0.750. The zero-order valence-corrected chi connectivity index (χ0v) is 18.5. The molecule has 1 aromatic carbocycles. The molecular formula is C24H38O8. The van der Waals surface area contributed by atoms with Gasteiger partial charge in [0.15, 0.2) is 0 Å². The lowest BCUT2D eigenvalue weighted by Gasteiger charge is -2.36. The summed E-state index contributed by atoms with van der Waals surface area (Å²) < 4.78 is 11.3. The van der Waals surface area contributed by atoms with Crippen molar-refractivity contribution >= 4 is 0 Å². The van der Waals surface area contributed by atoms with E-state index in [-0.39, 0.29) is 32.2 Å². The van der Waals surface area contributed by atoms with Crippen LogP contribution in [0.25, 0.3) is 0 Å². The highest BCUT2D eigenvalue weighted by atomic mass is 16.5. The summed E-state index contributed by atoms with van der Waals surface area (Å²) in [6.45, 7) is -0.405. The predicted octanol–water partition coefficient (Wildman–Crippen LogP) is 0.0752. The number of hydrogen-bond donors (Lipinski definition) is 6. The minimum Gasteiger partial charge on any atom is -0.394 e. The van der Waals surface area contributed by atoms with E-state index in [0.29, 0.717) is 12.8 Å². The van der Waals surface area contributed by atoms with Crippen LogP contribution in [0.2, 0.25) is 0 Å². The molecule has 0 bridgehead atoms. The van der Waals surface area contributed by atoms with Crippen molar-refractivity contribution in [3.05, 3.63) is 35.4 Å². The first-order chi connectivity index (χ1) is 15.4. The first-order valence-electron chi connectivity index (χ1n) is 11.7. The average molecular weight is 455 g/mol. The zero-order valence-electron chi connectivity index (χ0n) is 18.5. The van der Waals surface area contributed by atoms with Crippen molar-refractivity contribution in [1.29, 1.82) is 0 Å². The fourth-order valence-electron chi connectivity index (χ4n) is 4.67. The molecule has 8 heteroatoms. The summed E-state index contributed by atoms with van der Waals surface area (Å²) in [5.74, 6) is 0. The summed E-state index contributed by atoms with van der Waals surface area (Å²) in [5, 5.41) is 58.5. The molecule has 2 fully saturated rings. The Hall–Kier alpha value is -1.10. The number of aryl methyl sites for hydroxylation is 2. The van der Waals surface area contributed by atoms with E-state index < -0.39 is 42.7 Å². The largest absolute Gasteiger partial charge is 0.394 e. The van der Waals surface area contributed by atoms with E-state index in [1.165, 1.54) is 11.1 Å². The summed E-state index contributed by atoms with van der Waals surface area (Å²) in [6.07, 6.45) is -0.0916. The zero-order chi connectivity index (χ0) is 23.1. The Morgan fingerprint density at radius 2 is 1.22 bits per heavy atom. The van der Waals surface area contributed by atoms with Crippen LogP contribution < -0.4 is 0 Å². The van der Waals surface area contributed by atoms with Crippen LogP contribution in [0, 0.1) is 0 Å². The molecule has 32 heavy (non-hydrogen) atoms. The van der Waals surface area contributed by atoms with E-state index in [1.807, 2.05) is 0 Å². The SMILES string of the molecule is OC[C@@H]1C[C@H](O)[C@H](O)[C@@H](CCCc2ccc(CCC[C@H]3O[C@H](CO)[C@@H](O)C[C@@H]3O)cc2)O1. The maximum Gasteiger partial charge on any atom is 0.107 e. The number of aliphatic hydroxyl groups is 6. The number of hydrogen-bond acceptors (Lipinski definition) is 8. The molecule has 2 aliphatic heterocycles. The van der Waals surface area contributed by atoms with E-state index in [9.17, 15) is 30.6 Å². The van der Waals surface area contributed by atoms with Gasteiger partial charge >= 0.3 is 0 Å². The summed E-state index contributed by atoms with van der Waals surface area (Å²) in [7, 11) is 0. The van der Waals surface area contributed by atoms with E-state index in [4.69, 9.17) is 9.47 Å². The fourth-order valence-corrected chi connectivity index (χ4v) is 4.67. The lowest BCUT2D eigenvalue weighted by atomic mass is 9.93. The van der Waals surface area contributed by atoms with Gasteiger partial charge in [-0.3, -0.25) is 0 Å². The Kier molecular flexibility index (Phi) is 9.88. The van der Waals surface area contributed by atoms with Crippen LogP contribution in [0.15, 0.2) is 24.3 Å². The minimum absolute atomic E-state index is 0.155. The van der Waals surface area contributed by atoms with Crippen LogP contribution in [-0.2, 0) is 22.3 Å². The van der Waals surface area contributed by atoms with Crippen LogP contribution in [0.5, 0.6) is 0 Å². The second kappa shape index (κ2) is 12.4. The molecule has 2 saturated heterocycles. The van der Waals surface area contributed by atoms with Gasteiger partial charge in [0.25, 0.3) is 0 Å². The highest BCUT2D eigenvalue weighted by molar-refractivity contribution is 5.22. The Morgan fingerprint density at radius 3 is 1.78 bits per heavy atom. The molecule has 2 aliphatic rings. The molecule has 2 heterocycles. The van der Waals surface area contributed by atoms with Crippen molar-refractivity contribution in [2.75, 3.05) is 13.2 Å². The van der Waals surface area contributed by atoms with E-state index in [1.54, 1.807) is 0 Å². The number of benzene rings is 1. The van der Waals surface area contributed by atoms with E-state index in [0.717, 1.165) is 25.7 Å². The van der Waals surface area contributed by atoms with Gasteiger partial charge < -0.3 is 40.1 Å². The van der Waals surface area contributed by atoms with Gasteiger partial charge in [-0.25, -0.2) is 0 Å². The molecule has 182 valence electrons. The van der Waals surface area contributed by atoms with Gasteiger partial charge in [0, 0.05) is 12.8 Å². The quantitative estimate of drug-likeness (QED) is 0.292. The van der Waals surface area contributed by atoms with Crippen LogP contribution in [-0.4, -0.2) is 92.7 Å². The topological polar surface area (TPSA) is 140 Å². The monoisotopic (exact) mass is 454 g/mol. The smallest absolute Gasteiger partial charge is 0.107 e. The normalized spacial score (nSPS) is 35.7. The number of ether oxygens (including phenoxy) is 2. The van der Waals surface area contributed by atoms with Crippen LogP contribution in [0.1, 0.15) is 49.7 Å². The lowest BCUT2D eigenvalue weighted by molar-refractivity contribution is -0.181. The van der Waals surface area contributed by atoms with E-state index >= 15 is 0 Å². The molecule has 0 spiro atoms. The summed E-state index contributed by atoms with van der Waals surface area (Å²) in [4.78, 5) is 0. The molecule has 0 aliphatic carbocycles. The van der Waals surface area contributed by atoms with Gasteiger partial charge in [0.1, 0.15) is 12.2 Å². The Labute approximate surface area is 189 Å². The minimum atomic E-state index is -0.914. The first kappa shape index (κ1) is 25.5. The Morgan fingerprint density at radius 1 is 0.656 bits per heavy atom. The highest BCUT2D eigenvalue weighted by Crippen LogP contribution is 2.25. The molecule has 8 atom stereocenters. The van der Waals surface area contributed by atoms with Gasteiger partial charge in [-0.2, -0.15) is 0 Å². The maximum atomic E-state index is 10.1. The number of rotatable bonds is 10. The Bertz CT molecular complexity index is 668. The standard InChI is InChI=1S/C24H38O8/c25-13-17-11-20(29)24(30)22(31-17)6-2-4-16-9-7-15(8-10-16)3-1-5-21-18(27)12-19(28)23(14-26)32-21/h7-10,17-30H,1-6,11-14H2/t17-,18-,19-,20-,21+,22+,23+,24-/m0/s1. The van der Waals surface area contributed by atoms with Gasteiger partial charge in [0.05, 0.1) is 49.8 Å². The van der Waals surface area contributed by atoms with Gasteiger partial charge in [-0.05, 0) is 49.7 Å². The molecule has 1 aromatic rings.